The number of halogens is 2. The van der Waals surface area contributed by atoms with Gasteiger partial charge in [-0.2, -0.15) is 0 Å². The highest BCUT2D eigenvalue weighted by molar-refractivity contribution is 14.1. The Morgan fingerprint density at radius 2 is 2.05 bits per heavy atom. The highest BCUT2D eigenvalue weighted by Crippen LogP contribution is 2.36. The molecule has 2 atom stereocenters. The Labute approximate surface area is 127 Å². The summed E-state index contributed by atoms with van der Waals surface area (Å²) in [6, 6.07) is 3.35. The molecule has 3 heterocycles. The molecule has 6 heteroatoms. The fourth-order valence-electron chi connectivity index (χ4n) is 2.83. The van der Waals surface area contributed by atoms with E-state index in [1.54, 1.807) is 11.3 Å². The predicted molar refractivity (Wildman–Crippen MR) is 82.4 cm³/mol. The molecule has 0 amide bonds. The lowest BCUT2D eigenvalue weighted by molar-refractivity contribution is 0.0305. The van der Waals surface area contributed by atoms with Crippen LogP contribution < -0.4 is 4.90 Å². The summed E-state index contributed by atoms with van der Waals surface area (Å²) < 4.78 is 21.1. The van der Waals surface area contributed by atoms with E-state index in [0.29, 0.717) is 15.8 Å². The first kappa shape index (κ1) is 12.3. The van der Waals surface area contributed by atoms with Crippen LogP contribution in [-0.4, -0.2) is 30.3 Å². The van der Waals surface area contributed by atoms with Gasteiger partial charge in [0.15, 0.2) is 5.13 Å². The SMILES string of the molecule is Fc1ccc2sc(N3CC4CC[C@H](C3)O4)nc2c1I. The number of aromatic nitrogens is 1. The number of fused-ring (bicyclic) bond motifs is 3. The average Bonchev–Trinajstić information content (AvgIpc) is 2.98. The van der Waals surface area contributed by atoms with Gasteiger partial charge in [-0.3, -0.25) is 0 Å². The van der Waals surface area contributed by atoms with Gasteiger partial charge < -0.3 is 9.64 Å². The van der Waals surface area contributed by atoms with Crippen molar-refractivity contribution in [3.63, 3.8) is 0 Å². The first-order valence-electron chi connectivity index (χ1n) is 6.35. The summed E-state index contributed by atoms with van der Waals surface area (Å²) in [6.07, 6.45) is 3.00. The summed E-state index contributed by atoms with van der Waals surface area (Å²) >= 11 is 3.68. The number of thiazole rings is 1. The quantitative estimate of drug-likeness (QED) is 0.698. The zero-order chi connectivity index (χ0) is 13.0. The zero-order valence-corrected chi connectivity index (χ0v) is 13.1. The van der Waals surface area contributed by atoms with Crippen LogP contribution >= 0.6 is 33.9 Å². The molecule has 2 fully saturated rings. The zero-order valence-electron chi connectivity index (χ0n) is 10.1. The molecule has 19 heavy (non-hydrogen) atoms. The number of ether oxygens (including phenoxy) is 1. The highest BCUT2D eigenvalue weighted by Gasteiger charge is 2.34. The van der Waals surface area contributed by atoms with Crippen molar-refractivity contribution in [2.75, 3.05) is 18.0 Å². The van der Waals surface area contributed by atoms with Gasteiger partial charge in [-0.25, -0.2) is 9.37 Å². The molecule has 1 unspecified atom stereocenters. The van der Waals surface area contributed by atoms with Crippen molar-refractivity contribution in [1.29, 1.82) is 0 Å². The van der Waals surface area contributed by atoms with Crippen LogP contribution in [0.5, 0.6) is 0 Å². The van der Waals surface area contributed by atoms with Gasteiger partial charge in [-0.15, -0.1) is 0 Å². The maximum Gasteiger partial charge on any atom is 0.186 e. The van der Waals surface area contributed by atoms with E-state index in [4.69, 9.17) is 4.74 Å². The van der Waals surface area contributed by atoms with Crippen LogP contribution in [0.4, 0.5) is 9.52 Å². The molecule has 3 nitrogen and oxygen atoms in total. The minimum Gasteiger partial charge on any atom is -0.371 e. The third kappa shape index (κ3) is 2.04. The summed E-state index contributed by atoms with van der Waals surface area (Å²) in [6.45, 7) is 1.82. The Morgan fingerprint density at radius 3 is 2.79 bits per heavy atom. The fourth-order valence-corrected chi connectivity index (χ4v) is 4.60. The number of hydrogen-bond acceptors (Lipinski definition) is 4. The molecule has 2 aliphatic heterocycles. The van der Waals surface area contributed by atoms with Crippen molar-refractivity contribution in [3.8, 4) is 0 Å². The first-order chi connectivity index (χ1) is 9.20. The Bertz CT molecular complexity index is 635. The highest BCUT2D eigenvalue weighted by atomic mass is 127. The number of anilines is 1. The molecule has 2 saturated heterocycles. The molecule has 2 aliphatic rings. The lowest BCUT2D eigenvalue weighted by Crippen LogP contribution is -2.42. The van der Waals surface area contributed by atoms with Crippen molar-refractivity contribution in [2.45, 2.75) is 25.0 Å². The summed E-state index contributed by atoms with van der Waals surface area (Å²) in [5.74, 6) is -0.188. The van der Waals surface area contributed by atoms with Crippen LogP contribution in [0.15, 0.2) is 12.1 Å². The number of benzene rings is 1. The number of rotatable bonds is 1. The van der Waals surface area contributed by atoms with Crippen LogP contribution in [0.25, 0.3) is 10.2 Å². The van der Waals surface area contributed by atoms with E-state index < -0.39 is 0 Å². The average molecular weight is 390 g/mol. The second kappa shape index (κ2) is 4.53. The maximum atomic E-state index is 13.6. The van der Waals surface area contributed by atoms with E-state index in [0.717, 1.165) is 41.3 Å². The first-order valence-corrected chi connectivity index (χ1v) is 8.25. The molecule has 0 N–H and O–H groups in total. The van der Waals surface area contributed by atoms with E-state index in [1.807, 2.05) is 28.7 Å². The van der Waals surface area contributed by atoms with Crippen molar-refractivity contribution >= 4 is 49.3 Å². The molecule has 2 bridgehead atoms. The predicted octanol–water partition coefficient (Wildman–Crippen LogP) is 3.41. The van der Waals surface area contributed by atoms with Crippen LogP contribution in [0.3, 0.4) is 0 Å². The van der Waals surface area contributed by atoms with E-state index in [-0.39, 0.29) is 5.82 Å². The van der Waals surface area contributed by atoms with Gasteiger partial charge in [-0.1, -0.05) is 11.3 Å². The minimum atomic E-state index is -0.188. The Kier molecular flexibility index (Phi) is 2.93. The molecule has 1 aromatic carbocycles. The largest absolute Gasteiger partial charge is 0.371 e. The van der Waals surface area contributed by atoms with Crippen LogP contribution in [-0.2, 0) is 4.74 Å². The normalized spacial score (nSPS) is 26.3. The molecule has 100 valence electrons. The minimum absolute atomic E-state index is 0.188. The summed E-state index contributed by atoms with van der Waals surface area (Å²) in [5, 5.41) is 0.999. The summed E-state index contributed by atoms with van der Waals surface area (Å²) in [5.41, 5.74) is 0.791. The van der Waals surface area contributed by atoms with E-state index in [9.17, 15) is 4.39 Å². The second-order valence-electron chi connectivity index (χ2n) is 5.07. The van der Waals surface area contributed by atoms with Gasteiger partial charge in [0.1, 0.15) is 5.82 Å². The van der Waals surface area contributed by atoms with Crippen molar-refractivity contribution in [3.05, 3.63) is 21.5 Å². The maximum absolute atomic E-state index is 13.6. The summed E-state index contributed by atoms with van der Waals surface area (Å²) in [4.78, 5) is 6.93. The Hall–Kier alpha value is -0.470. The van der Waals surface area contributed by atoms with Gasteiger partial charge in [0.05, 0.1) is 26.0 Å². The molecule has 0 aliphatic carbocycles. The lowest BCUT2D eigenvalue weighted by Gasteiger charge is -2.31. The Balaban J connectivity index is 1.73. The molecular formula is C13H12FIN2OS. The molecule has 0 spiro atoms. The van der Waals surface area contributed by atoms with E-state index in [1.165, 1.54) is 6.07 Å². The number of nitrogens with zero attached hydrogens (tertiary/aromatic N) is 2. The van der Waals surface area contributed by atoms with E-state index >= 15 is 0 Å². The Morgan fingerprint density at radius 1 is 1.32 bits per heavy atom. The van der Waals surface area contributed by atoms with Crippen molar-refractivity contribution < 1.29 is 9.13 Å². The molecule has 4 rings (SSSR count). The molecular weight excluding hydrogens is 378 g/mol. The summed E-state index contributed by atoms with van der Waals surface area (Å²) in [7, 11) is 0. The van der Waals surface area contributed by atoms with Crippen molar-refractivity contribution in [2.24, 2.45) is 0 Å². The van der Waals surface area contributed by atoms with Crippen LogP contribution in [0.1, 0.15) is 12.8 Å². The molecule has 0 radical (unpaired) electrons. The van der Waals surface area contributed by atoms with Gasteiger partial charge >= 0.3 is 0 Å². The standard InChI is InChI=1S/C13H12FIN2OS/c14-9-3-4-10-12(11(9)15)16-13(19-10)17-5-7-1-2-8(6-17)18-7/h3-4,7-8H,1-2,5-6H2/t7-,8?/m1/s1. The number of morpholine rings is 1. The van der Waals surface area contributed by atoms with Gasteiger partial charge in [0, 0.05) is 13.1 Å². The van der Waals surface area contributed by atoms with Crippen molar-refractivity contribution in [1.82, 2.24) is 4.98 Å². The van der Waals surface area contributed by atoms with E-state index in [2.05, 4.69) is 9.88 Å². The smallest absolute Gasteiger partial charge is 0.186 e. The topological polar surface area (TPSA) is 25.4 Å². The molecule has 1 aromatic heterocycles. The fraction of sp³-hybridized carbons (Fsp3) is 0.462. The monoisotopic (exact) mass is 390 g/mol. The molecule has 2 aromatic rings. The number of hydrogen-bond donors (Lipinski definition) is 0. The van der Waals surface area contributed by atoms with Crippen LogP contribution in [0.2, 0.25) is 0 Å². The van der Waals surface area contributed by atoms with Crippen LogP contribution in [0, 0.1) is 9.39 Å². The third-order valence-corrected chi connectivity index (χ3v) is 5.86. The lowest BCUT2D eigenvalue weighted by atomic mass is 10.2. The second-order valence-corrected chi connectivity index (χ2v) is 7.15. The molecule has 0 saturated carbocycles. The third-order valence-electron chi connectivity index (χ3n) is 3.75. The van der Waals surface area contributed by atoms with Gasteiger partial charge in [0.25, 0.3) is 0 Å². The van der Waals surface area contributed by atoms with Gasteiger partial charge in [0.2, 0.25) is 0 Å². The van der Waals surface area contributed by atoms with Gasteiger partial charge in [-0.05, 0) is 47.6 Å².